The predicted octanol–water partition coefficient (Wildman–Crippen LogP) is 2.71. The average molecular weight is 516 g/mol. The van der Waals surface area contributed by atoms with Crippen LogP contribution in [0.5, 0.6) is 0 Å². The molecule has 4 N–H and O–H groups in total. The summed E-state index contributed by atoms with van der Waals surface area (Å²) in [5.41, 5.74) is 9.85. The van der Waals surface area contributed by atoms with Gasteiger partial charge in [0.1, 0.15) is 0 Å². The third-order valence-corrected chi connectivity index (χ3v) is 7.73. The van der Waals surface area contributed by atoms with Gasteiger partial charge in [0.25, 0.3) is 0 Å². The normalized spacial score (nSPS) is 16.1. The number of alkyl halides is 3. The van der Waals surface area contributed by atoms with E-state index >= 15 is 0 Å². The van der Waals surface area contributed by atoms with Crippen LogP contribution in [0.2, 0.25) is 5.02 Å². The van der Waals surface area contributed by atoms with Crippen LogP contribution >= 0.6 is 11.6 Å². The fraction of sp³-hybridized carbons (Fsp3) is 0.300. The van der Waals surface area contributed by atoms with Gasteiger partial charge in [0.2, 0.25) is 21.9 Å². The summed E-state index contributed by atoms with van der Waals surface area (Å²) < 4.78 is 70.2. The van der Waals surface area contributed by atoms with E-state index in [1.54, 1.807) is 0 Å². The maximum Gasteiger partial charge on any atom is 0.417 e. The van der Waals surface area contributed by atoms with Crippen molar-refractivity contribution in [3.05, 3.63) is 47.0 Å². The minimum atomic E-state index is -4.78. The number of aromatic nitrogens is 3. The van der Waals surface area contributed by atoms with Crippen molar-refractivity contribution in [2.45, 2.75) is 11.1 Å². The fourth-order valence-corrected chi connectivity index (χ4v) is 5.48. The highest BCUT2D eigenvalue weighted by Crippen LogP contribution is 2.43. The highest BCUT2D eigenvalue weighted by Gasteiger charge is 2.36. The van der Waals surface area contributed by atoms with Gasteiger partial charge in [-0.2, -0.15) is 27.1 Å². The Morgan fingerprint density at radius 1 is 1.03 bits per heavy atom. The summed E-state index contributed by atoms with van der Waals surface area (Å²) in [7, 11) is -1.87. The molecule has 1 saturated heterocycles. The summed E-state index contributed by atoms with van der Waals surface area (Å²) in [6.07, 6.45) is -4.78. The molecule has 2 heterocycles. The molecule has 0 radical (unpaired) electrons. The Labute approximate surface area is 198 Å². The Morgan fingerprint density at radius 3 is 2.18 bits per heavy atom. The van der Waals surface area contributed by atoms with Crippen LogP contribution in [-0.2, 0) is 16.2 Å². The largest absolute Gasteiger partial charge is 0.417 e. The van der Waals surface area contributed by atoms with Crippen LogP contribution in [0.15, 0.2) is 41.3 Å². The number of sulfonamides is 1. The van der Waals surface area contributed by atoms with Crippen molar-refractivity contribution in [1.29, 1.82) is 0 Å². The van der Waals surface area contributed by atoms with Gasteiger partial charge in [-0.15, -0.1) is 5.10 Å². The monoisotopic (exact) mass is 515 g/mol. The molecule has 0 unspecified atom stereocenters. The van der Waals surface area contributed by atoms with Gasteiger partial charge < -0.3 is 16.4 Å². The Morgan fingerprint density at radius 2 is 1.65 bits per heavy atom. The van der Waals surface area contributed by atoms with Crippen molar-refractivity contribution in [3.63, 3.8) is 0 Å². The van der Waals surface area contributed by atoms with E-state index in [0.29, 0.717) is 26.2 Å². The first-order valence-corrected chi connectivity index (χ1v) is 11.9. The van der Waals surface area contributed by atoms with E-state index in [1.165, 1.54) is 34.6 Å². The molecule has 1 fully saturated rings. The molecule has 1 aliphatic rings. The molecule has 2 aromatic carbocycles. The van der Waals surface area contributed by atoms with Gasteiger partial charge in [0.05, 0.1) is 21.2 Å². The Balaban J connectivity index is 1.75. The van der Waals surface area contributed by atoms with E-state index in [-0.39, 0.29) is 38.6 Å². The first kappa shape index (κ1) is 24.3. The molecule has 1 aromatic heterocycles. The van der Waals surface area contributed by atoms with E-state index in [0.717, 1.165) is 10.7 Å². The lowest BCUT2D eigenvalue weighted by Crippen LogP contribution is -2.46. The first-order valence-electron chi connectivity index (χ1n) is 10.1. The van der Waals surface area contributed by atoms with Crippen LogP contribution in [-0.4, -0.2) is 65.6 Å². The van der Waals surface area contributed by atoms with Crippen molar-refractivity contribution in [2.75, 3.05) is 44.7 Å². The summed E-state index contributed by atoms with van der Waals surface area (Å²) in [4.78, 5) is 5.69. The molecule has 1 aliphatic heterocycles. The summed E-state index contributed by atoms with van der Waals surface area (Å²) in [6, 6.07) is 7.26. The van der Waals surface area contributed by atoms with Gasteiger partial charge in [-0.3, -0.25) is 0 Å². The molecule has 14 heteroatoms. The molecule has 9 nitrogen and oxygen atoms in total. The Bertz CT molecular complexity index is 1320. The molecule has 0 spiro atoms. The number of nitrogens with two attached hydrogens (primary N) is 2. The zero-order chi connectivity index (χ0) is 24.8. The number of rotatable bonds is 4. The molecule has 0 atom stereocenters. The molecule has 0 bridgehead atoms. The SMILES string of the molecule is CN1CCN(S(=O)(=O)c2ccc(-c3c(Cl)cc(-n4nc(N)nc4N)cc3C(F)(F)F)cc2)CC1. The lowest BCUT2D eigenvalue weighted by Gasteiger charge is -2.31. The molecule has 3 aromatic rings. The minimum absolute atomic E-state index is 0.00651. The van der Waals surface area contributed by atoms with E-state index < -0.39 is 21.8 Å². The summed E-state index contributed by atoms with van der Waals surface area (Å²) in [6.45, 7) is 1.86. The van der Waals surface area contributed by atoms with Gasteiger partial charge in [-0.05, 0) is 36.9 Å². The van der Waals surface area contributed by atoms with Crippen LogP contribution < -0.4 is 11.5 Å². The van der Waals surface area contributed by atoms with Gasteiger partial charge in [0.15, 0.2) is 0 Å². The maximum atomic E-state index is 14.0. The summed E-state index contributed by atoms with van der Waals surface area (Å²) in [5.74, 6) is -0.406. The number of piperazine rings is 1. The van der Waals surface area contributed by atoms with Crippen molar-refractivity contribution in [1.82, 2.24) is 24.0 Å². The topological polar surface area (TPSA) is 123 Å². The van der Waals surface area contributed by atoms with Crippen LogP contribution in [0, 0.1) is 0 Å². The van der Waals surface area contributed by atoms with Crippen LogP contribution in [0.3, 0.4) is 0 Å². The smallest absolute Gasteiger partial charge is 0.368 e. The van der Waals surface area contributed by atoms with E-state index in [1.807, 2.05) is 11.9 Å². The zero-order valence-corrected chi connectivity index (χ0v) is 19.5. The average Bonchev–Trinajstić information content (AvgIpc) is 3.11. The number of anilines is 2. The number of likely N-dealkylation sites (N-methyl/N-ethyl adjacent to an activating group) is 1. The number of benzene rings is 2. The minimum Gasteiger partial charge on any atom is -0.368 e. The number of nitrogens with zero attached hydrogens (tertiary/aromatic N) is 5. The van der Waals surface area contributed by atoms with E-state index in [9.17, 15) is 21.6 Å². The second-order valence-corrected chi connectivity index (χ2v) is 10.2. The maximum absolute atomic E-state index is 14.0. The lowest BCUT2D eigenvalue weighted by molar-refractivity contribution is -0.137. The lowest BCUT2D eigenvalue weighted by atomic mass is 9.98. The number of hydrogen-bond acceptors (Lipinski definition) is 7. The van der Waals surface area contributed by atoms with Crippen molar-refractivity contribution >= 4 is 33.5 Å². The highest BCUT2D eigenvalue weighted by atomic mass is 35.5. The van der Waals surface area contributed by atoms with Crippen molar-refractivity contribution in [3.8, 4) is 16.8 Å². The second kappa shape index (κ2) is 8.73. The van der Waals surface area contributed by atoms with Crippen LogP contribution in [0.4, 0.5) is 25.1 Å². The molecule has 0 aliphatic carbocycles. The van der Waals surface area contributed by atoms with Gasteiger partial charge in [-0.1, -0.05) is 23.7 Å². The van der Waals surface area contributed by atoms with Crippen molar-refractivity contribution < 1.29 is 21.6 Å². The standard InChI is InChI=1S/C20H21ClF3N7O2S/c1-29-6-8-30(9-7-29)34(32,33)14-4-2-12(3-5-14)17-15(20(22,23)24)10-13(11-16(17)21)31-19(26)27-18(25)28-31/h2-5,10-11H,6-9H2,1H3,(H4,25,26,27,28). The quantitative estimate of drug-likeness (QED) is 0.547. The Kier molecular flexibility index (Phi) is 6.23. The van der Waals surface area contributed by atoms with E-state index in [2.05, 4.69) is 10.1 Å². The number of nitrogen functional groups attached to an aromatic ring is 2. The molecule has 4 rings (SSSR count). The van der Waals surface area contributed by atoms with Gasteiger partial charge in [-0.25, -0.2) is 8.42 Å². The molecule has 0 saturated carbocycles. The van der Waals surface area contributed by atoms with E-state index in [4.69, 9.17) is 23.1 Å². The molecular formula is C20H21ClF3N7O2S. The first-order chi connectivity index (χ1) is 15.9. The predicted molar refractivity (Wildman–Crippen MR) is 122 cm³/mol. The van der Waals surface area contributed by atoms with Gasteiger partial charge >= 0.3 is 6.18 Å². The molecule has 182 valence electrons. The van der Waals surface area contributed by atoms with Gasteiger partial charge in [0, 0.05) is 31.7 Å². The van der Waals surface area contributed by atoms with Crippen LogP contribution in [0.1, 0.15) is 5.56 Å². The third kappa shape index (κ3) is 4.56. The number of halogens is 4. The fourth-order valence-electron chi connectivity index (χ4n) is 3.73. The number of hydrogen-bond donors (Lipinski definition) is 2. The molecule has 0 amide bonds. The summed E-state index contributed by atoms with van der Waals surface area (Å²) in [5, 5.41) is 3.56. The molecule has 34 heavy (non-hydrogen) atoms. The van der Waals surface area contributed by atoms with Crippen molar-refractivity contribution in [2.24, 2.45) is 0 Å². The summed E-state index contributed by atoms with van der Waals surface area (Å²) >= 11 is 6.28. The third-order valence-electron chi connectivity index (χ3n) is 5.52. The zero-order valence-electron chi connectivity index (χ0n) is 17.9. The highest BCUT2D eigenvalue weighted by molar-refractivity contribution is 7.89. The van der Waals surface area contributed by atoms with Crippen LogP contribution in [0.25, 0.3) is 16.8 Å². The molecular weight excluding hydrogens is 495 g/mol. The second-order valence-electron chi connectivity index (χ2n) is 7.82. The Hall–Kier alpha value is -2.87.